The smallest absolute Gasteiger partial charge is 0.100 e. The van der Waals surface area contributed by atoms with E-state index in [0.717, 1.165) is 23.6 Å². The molecule has 2 heterocycles. The molecule has 0 radical (unpaired) electrons. The van der Waals surface area contributed by atoms with Gasteiger partial charge in [0.15, 0.2) is 0 Å². The van der Waals surface area contributed by atoms with Gasteiger partial charge in [0.1, 0.15) is 5.69 Å². The molecule has 92 valence electrons. The molecule has 2 rings (SSSR count). The van der Waals surface area contributed by atoms with Gasteiger partial charge in [-0.3, -0.25) is 4.68 Å². The third-order valence-corrected chi connectivity index (χ3v) is 2.80. The number of alkyl halides is 1. The predicted molar refractivity (Wildman–Crippen MR) is 66.0 cm³/mol. The van der Waals surface area contributed by atoms with E-state index in [1.54, 1.807) is 4.68 Å². The summed E-state index contributed by atoms with van der Waals surface area (Å²) >= 11 is 5.95. The van der Waals surface area contributed by atoms with Crippen molar-refractivity contribution in [3.63, 3.8) is 0 Å². The first kappa shape index (κ1) is 12.1. The molecule has 0 aliphatic carbocycles. The van der Waals surface area contributed by atoms with Gasteiger partial charge in [-0.15, -0.1) is 16.7 Å². The van der Waals surface area contributed by atoms with Crippen molar-refractivity contribution in [1.29, 1.82) is 0 Å². The van der Waals surface area contributed by atoms with Crippen LogP contribution >= 0.6 is 11.6 Å². The minimum Gasteiger partial charge on any atom is -0.268 e. The first-order valence-corrected chi connectivity index (χ1v) is 6.11. The van der Waals surface area contributed by atoms with Crippen LogP contribution in [0.3, 0.4) is 0 Å². The number of aromatic nitrogens is 5. The Bertz CT molecular complexity index is 500. The van der Waals surface area contributed by atoms with Crippen LogP contribution < -0.4 is 0 Å². The highest BCUT2D eigenvalue weighted by atomic mass is 35.5. The number of hydrogen-bond donors (Lipinski definition) is 0. The quantitative estimate of drug-likeness (QED) is 0.785. The second-order valence-electron chi connectivity index (χ2n) is 4.05. The van der Waals surface area contributed by atoms with Crippen LogP contribution in [-0.2, 0) is 13.1 Å². The lowest BCUT2D eigenvalue weighted by Crippen LogP contribution is -2.08. The molecule has 0 amide bonds. The van der Waals surface area contributed by atoms with Crippen LogP contribution in [0, 0.1) is 6.92 Å². The first-order chi connectivity index (χ1) is 8.10. The van der Waals surface area contributed by atoms with E-state index in [1.807, 2.05) is 24.7 Å². The monoisotopic (exact) mass is 253 g/mol. The molecule has 1 unspecified atom stereocenters. The largest absolute Gasteiger partial charge is 0.268 e. The first-order valence-electron chi connectivity index (χ1n) is 5.67. The van der Waals surface area contributed by atoms with Crippen LogP contribution in [0.4, 0.5) is 0 Å². The van der Waals surface area contributed by atoms with Gasteiger partial charge in [0.25, 0.3) is 0 Å². The van der Waals surface area contributed by atoms with Crippen molar-refractivity contribution in [2.45, 2.75) is 39.2 Å². The van der Waals surface area contributed by atoms with Crippen molar-refractivity contribution >= 4 is 11.6 Å². The minimum atomic E-state index is -0.110. The summed E-state index contributed by atoms with van der Waals surface area (Å²) in [7, 11) is 0. The van der Waals surface area contributed by atoms with Gasteiger partial charge in [0.05, 0.1) is 29.5 Å². The summed E-state index contributed by atoms with van der Waals surface area (Å²) in [6.07, 6.45) is 1.88. The standard InChI is InChI=1S/C11H16ClN5/c1-4-17-10(5-8(2)14-17)6-16-7-11(9(3)12)13-15-16/h5,7,9H,4,6H2,1-3H3. The number of aryl methyl sites for hydroxylation is 2. The molecular formula is C11H16ClN5. The topological polar surface area (TPSA) is 48.5 Å². The Morgan fingerprint density at radius 2 is 2.24 bits per heavy atom. The lowest BCUT2D eigenvalue weighted by Gasteiger charge is -2.03. The van der Waals surface area contributed by atoms with Crippen molar-refractivity contribution in [3.8, 4) is 0 Å². The van der Waals surface area contributed by atoms with E-state index in [-0.39, 0.29) is 5.38 Å². The van der Waals surface area contributed by atoms with E-state index in [2.05, 4.69) is 28.4 Å². The summed E-state index contributed by atoms with van der Waals surface area (Å²) < 4.78 is 3.76. The van der Waals surface area contributed by atoms with E-state index in [1.165, 1.54) is 0 Å². The van der Waals surface area contributed by atoms with Gasteiger partial charge in [-0.2, -0.15) is 5.10 Å². The van der Waals surface area contributed by atoms with Crippen molar-refractivity contribution < 1.29 is 0 Å². The number of rotatable bonds is 4. The summed E-state index contributed by atoms with van der Waals surface area (Å²) in [5.74, 6) is 0. The predicted octanol–water partition coefficient (Wildman–Crippen LogP) is 2.15. The molecule has 17 heavy (non-hydrogen) atoms. The number of halogens is 1. The SMILES string of the molecule is CCn1nc(C)cc1Cn1cc(C(C)Cl)nn1. The zero-order chi connectivity index (χ0) is 12.4. The Morgan fingerprint density at radius 1 is 1.47 bits per heavy atom. The Kier molecular flexibility index (Phi) is 3.47. The average Bonchev–Trinajstić information content (AvgIpc) is 2.86. The molecule has 0 bridgehead atoms. The van der Waals surface area contributed by atoms with E-state index >= 15 is 0 Å². The molecule has 0 aliphatic rings. The van der Waals surface area contributed by atoms with E-state index in [9.17, 15) is 0 Å². The van der Waals surface area contributed by atoms with Gasteiger partial charge in [0, 0.05) is 6.54 Å². The molecule has 0 N–H and O–H groups in total. The fourth-order valence-electron chi connectivity index (χ4n) is 1.74. The Balaban J connectivity index is 2.19. The molecular weight excluding hydrogens is 238 g/mol. The summed E-state index contributed by atoms with van der Waals surface area (Å²) in [4.78, 5) is 0. The molecule has 0 saturated heterocycles. The average molecular weight is 254 g/mol. The van der Waals surface area contributed by atoms with Crippen molar-refractivity contribution in [2.24, 2.45) is 0 Å². The van der Waals surface area contributed by atoms with Gasteiger partial charge < -0.3 is 0 Å². The molecule has 0 aliphatic heterocycles. The third kappa shape index (κ3) is 2.66. The molecule has 5 nitrogen and oxygen atoms in total. The highest BCUT2D eigenvalue weighted by Gasteiger charge is 2.09. The molecule has 0 fully saturated rings. The van der Waals surface area contributed by atoms with Gasteiger partial charge in [0.2, 0.25) is 0 Å². The van der Waals surface area contributed by atoms with Crippen LogP contribution in [0.2, 0.25) is 0 Å². The van der Waals surface area contributed by atoms with E-state index < -0.39 is 0 Å². The maximum Gasteiger partial charge on any atom is 0.100 e. The molecule has 1 atom stereocenters. The highest BCUT2D eigenvalue weighted by Crippen LogP contribution is 2.16. The van der Waals surface area contributed by atoms with Crippen molar-refractivity contribution in [1.82, 2.24) is 24.8 Å². The normalized spacial score (nSPS) is 12.9. The molecule has 0 aromatic carbocycles. The summed E-state index contributed by atoms with van der Waals surface area (Å²) in [6, 6.07) is 2.06. The maximum absolute atomic E-state index is 5.95. The number of nitrogens with zero attached hydrogens (tertiary/aromatic N) is 5. The fourth-order valence-corrected chi connectivity index (χ4v) is 1.84. The molecule has 2 aromatic rings. The van der Waals surface area contributed by atoms with E-state index in [0.29, 0.717) is 6.54 Å². The lowest BCUT2D eigenvalue weighted by molar-refractivity contribution is 0.565. The molecule has 6 heteroatoms. The van der Waals surface area contributed by atoms with Crippen LogP contribution in [0.25, 0.3) is 0 Å². The fraction of sp³-hybridized carbons (Fsp3) is 0.545. The molecule has 0 saturated carbocycles. The minimum absolute atomic E-state index is 0.110. The van der Waals surface area contributed by atoms with Gasteiger partial charge in [-0.1, -0.05) is 5.21 Å². The van der Waals surface area contributed by atoms with Crippen LogP contribution in [0.15, 0.2) is 12.3 Å². The van der Waals surface area contributed by atoms with Gasteiger partial charge in [-0.25, -0.2) is 4.68 Å². The van der Waals surface area contributed by atoms with Crippen LogP contribution in [0.5, 0.6) is 0 Å². The summed E-state index contributed by atoms with van der Waals surface area (Å²) in [6.45, 7) is 7.48. The Morgan fingerprint density at radius 3 is 2.82 bits per heavy atom. The van der Waals surface area contributed by atoms with Gasteiger partial charge >= 0.3 is 0 Å². The zero-order valence-electron chi connectivity index (χ0n) is 10.3. The lowest BCUT2D eigenvalue weighted by atomic mass is 10.3. The zero-order valence-corrected chi connectivity index (χ0v) is 11.0. The van der Waals surface area contributed by atoms with Crippen molar-refractivity contribution in [2.75, 3.05) is 0 Å². The Labute approximate surface area is 105 Å². The molecule has 2 aromatic heterocycles. The Hall–Kier alpha value is -1.36. The van der Waals surface area contributed by atoms with Crippen LogP contribution in [0.1, 0.15) is 36.3 Å². The highest BCUT2D eigenvalue weighted by molar-refractivity contribution is 6.20. The van der Waals surface area contributed by atoms with Crippen LogP contribution in [-0.4, -0.2) is 24.8 Å². The summed E-state index contributed by atoms with van der Waals surface area (Å²) in [5, 5.41) is 12.4. The molecule has 0 spiro atoms. The second kappa shape index (κ2) is 4.87. The summed E-state index contributed by atoms with van der Waals surface area (Å²) in [5.41, 5.74) is 2.95. The second-order valence-corrected chi connectivity index (χ2v) is 4.70. The number of hydrogen-bond acceptors (Lipinski definition) is 3. The van der Waals surface area contributed by atoms with E-state index in [4.69, 9.17) is 11.6 Å². The third-order valence-electron chi connectivity index (χ3n) is 2.57. The van der Waals surface area contributed by atoms with Gasteiger partial charge in [-0.05, 0) is 26.8 Å². The maximum atomic E-state index is 5.95. The van der Waals surface area contributed by atoms with Crippen molar-refractivity contribution in [3.05, 3.63) is 29.3 Å².